The SMILES string of the molecule is CCOc1ccc(C2(N(C)C)CC2(F)F)cc1. The minimum absolute atomic E-state index is 0.110. The topological polar surface area (TPSA) is 12.5 Å². The normalized spacial score (nSPS) is 26.0. The highest BCUT2D eigenvalue weighted by molar-refractivity contribution is 5.39. The zero-order chi connectivity index (χ0) is 12.7. The molecular formula is C13H17F2NO. The number of hydrogen-bond donors (Lipinski definition) is 0. The van der Waals surface area contributed by atoms with Crippen LogP contribution >= 0.6 is 0 Å². The van der Waals surface area contributed by atoms with Crippen molar-refractivity contribution in [2.75, 3.05) is 20.7 Å². The van der Waals surface area contributed by atoms with Crippen LogP contribution in [-0.2, 0) is 5.54 Å². The summed E-state index contributed by atoms with van der Waals surface area (Å²) in [6.45, 7) is 2.47. The minimum Gasteiger partial charge on any atom is -0.494 e. The van der Waals surface area contributed by atoms with E-state index in [-0.39, 0.29) is 6.42 Å². The van der Waals surface area contributed by atoms with E-state index in [9.17, 15) is 8.78 Å². The van der Waals surface area contributed by atoms with Gasteiger partial charge >= 0.3 is 0 Å². The van der Waals surface area contributed by atoms with E-state index in [1.54, 1.807) is 43.3 Å². The van der Waals surface area contributed by atoms with Crippen molar-refractivity contribution in [3.8, 4) is 5.75 Å². The second-order valence-electron chi connectivity index (χ2n) is 4.59. The van der Waals surface area contributed by atoms with Gasteiger partial charge in [-0.25, -0.2) is 8.78 Å². The molecule has 0 aliphatic heterocycles. The molecule has 2 rings (SSSR count). The Labute approximate surface area is 100 Å². The third-order valence-electron chi connectivity index (χ3n) is 3.36. The minimum atomic E-state index is -2.64. The Balaban J connectivity index is 2.28. The number of benzene rings is 1. The molecule has 0 N–H and O–H groups in total. The lowest BCUT2D eigenvalue weighted by Gasteiger charge is -2.25. The van der Waals surface area contributed by atoms with Gasteiger partial charge < -0.3 is 4.74 Å². The van der Waals surface area contributed by atoms with Crippen molar-refractivity contribution in [2.45, 2.75) is 24.8 Å². The maximum absolute atomic E-state index is 13.6. The first-order valence-corrected chi connectivity index (χ1v) is 5.72. The molecule has 1 aliphatic rings. The van der Waals surface area contributed by atoms with E-state index in [1.807, 2.05) is 6.92 Å². The van der Waals surface area contributed by atoms with Crippen LogP contribution in [0.4, 0.5) is 8.78 Å². The first kappa shape index (κ1) is 12.3. The molecule has 0 radical (unpaired) electrons. The van der Waals surface area contributed by atoms with Gasteiger partial charge in [-0.15, -0.1) is 0 Å². The van der Waals surface area contributed by atoms with Crippen LogP contribution in [0.1, 0.15) is 18.9 Å². The van der Waals surface area contributed by atoms with Crippen molar-refractivity contribution in [3.63, 3.8) is 0 Å². The van der Waals surface area contributed by atoms with Crippen molar-refractivity contribution in [2.24, 2.45) is 0 Å². The van der Waals surface area contributed by atoms with Crippen LogP contribution in [0.5, 0.6) is 5.75 Å². The molecule has 0 heterocycles. The number of rotatable bonds is 4. The predicted octanol–water partition coefficient (Wildman–Crippen LogP) is 2.88. The van der Waals surface area contributed by atoms with E-state index in [2.05, 4.69) is 0 Å². The largest absolute Gasteiger partial charge is 0.494 e. The molecular weight excluding hydrogens is 224 g/mol. The maximum atomic E-state index is 13.6. The zero-order valence-corrected chi connectivity index (χ0v) is 10.3. The summed E-state index contributed by atoms with van der Waals surface area (Å²) in [6, 6.07) is 6.95. The van der Waals surface area contributed by atoms with Crippen LogP contribution in [-0.4, -0.2) is 31.5 Å². The van der Waals surface area contributed by atoms with Gasteiger partial charge in [-0.2, -0.15) is 0 Å². The van der Waals surface area contributed by atoms with Crippen LogP contribution in [0.15, 0.2) is 24.3 Å². The smallest absolute Gasteiger partial charge is 0.272 e. The van der Waals surface area contributed by atoms with E-state index in [1.165, 1.54) is 0 Å². The monoisotopic (exact) mass is 241 g/mol. The Morgan fingerprint density at radius 3 is 2.12 bits per heavy atom. The fourth-order valence-corrected chi connectivity index (χ4v) is 2.33. The Morgan fingerprint density at radius 1 is 1.24 bits per heavy atom. The Morgan fingerprint density at radius 2 is 1.76 bits per heavy atom. The molecule has 1 aromatic rings. The lowest BCUT2D eigenvalue weighted by Crippen LogP contribution is -2.33. The van der Waals surface area contributed by atoms with Crippen molar-refractivity contribution < 1.29 is 13.5 Å². The molecule has 0 amide bonds. The van der Waals surface area contributed by atoms with Crippen LogP contribution < -0.4 is 4.74 Å². The quantitative estimate of drug-likeness (QED) is 0.803. The molecule has 0 bridgehead atoms. The molecule has 2 nitrogen and oxygen atoms in total. The van der Waals surface area contributed by atoms with Gasteiger partial charge in [0.05, 0.1) is 6.61 Å². The molecule has 17 heavy (non-hydrogen) atoms. The van der Waals surface area contributed by atoms with E-state index in [0.717, 1.165) is 0 Å². The number of alkyl halides is 2. The Bertz CT molecular complexity index is 402. The maximum Gasteiger partial charge on any atom is 0.272 e. The summed E-state index contributed by atoms with van der Waals surface area (Å²) in [5, 5.41) is 0. The number of halogens is 2. The third kappa shape index (κ3) is 1.80. The molecule has 1 fully saturated rings. The molecule has 0 aromatic heterocycles. The summed E-state index contributed by atoms with van der Waals surface area (Å²) in [7, 11) is 3.38. The van der Waals surface area contributed by atoms with E-state index < -0.39 is 11.5 Å². The molecule has 94 valence electrons. The van der Waals surface area contributed by atoms with Gasteiger partial charge in [0.2, 0.25) is 0 Å². The number of hydrogen-bond acceptors (Lipinski definition) is 2. The highest BCUT2D eigenvalue weighted by Crippen LogP contribution is 2.62. The van der Waals surface area contributed by atoms with E-state index in [4.69, 9.17) is 4.74 Å². The van der Waals surface area contributed by atoms with Gasteiger partial charge in [0.25, 0.3) is 5.92 Å². The van der Waals surface area contributed by atoms with Gasteiger partial charge in [-0.3, -0.25) is 4.90 Å². The highest BCUT2D eigenvalue weighted by atomic mass is 19.3. The summed E-state index contributed by atoms with van der Waals surface area (Å²) in [5.74, 6) is -1.92. The average Bonchev–Trinajstić information content (AvgIpc) is 2.85. The van der Waals surface area contributed by atoms with E-state index >= 15 is 0 Å². The molecule has 1 unspecified atom stereocenters. The Kier molecular flexibility index (Phi) is 2.86. The zero-order valence-electron chi connectivity index (χ0n) is 10.3. The molecule has 1 saturated carbocycles. The van der Waals surface area contributed by atoms with Gasteiger partial charge in [-0.05, 0) is 38.7 Å². The average molecular weight is 241 g/mol. The van der Waals surface area contributed by atoms with Gasteiger partial charge in [0.15, 0.2) is 0 Å². The molecule has 1 aliphatic carbocycles. The first-order valence-electron chi connectivity index (χ1n) is 5.72. The fraction of sp³-hybridized carbons (Fsp3) is 0.538. The Hall–Kier alpha value is -1.16. The van der Waals surface area contributed by atoms with Crippen molar-refractivity contribution in [1.82, 2.24) is 4.90 Å². The van der Waals surface area contributed by atoms with Gasteiger partial charge in [0.1, 0.15) is 11.3 Å². The van der Waals surface area contributed by atoms with Crippen LogP contribution in [0, 0.1) is 0 Å². The number of ether oxygens (including phenoxy) is 1. The summed E-state index contributed by atoms with van der Waals surface area (Å²) in [4.78, 5) is 1.60. The molecule has 1 aromatic carbocycles. The lowest BCUT2D eigenvalue weighted by molar-refractivity contribution is 0.0417. The van der Waals surface area contributed by atoms with Crippen LogP contribution in [0.2, 0.25) is 0 Å². The van der Waals surface area contributed by atoms with Crippen molar-refractivity contribution in [3.05, 3.63) is 29.8 Å². The summed E-state index contributed by atoms with van der Waals surface area (Å²) < 4.78 is 32.4. The van der Waals surface area contributed by atoms with Crippen LogP contribution in [0.25, 0.3) is 0 Å². The second-order valence-corrected chi connectivity index (χ2v) is 4.59. The fourth-order valence-electron chi connectivity index (χ4n) is 2.33. The van der Waals surface area contributed by atoms with Crippen LogP contribution in [0.3, 0.4) is 0 Å². The molecule has 0 saturated heterocycles. The predicted molar refractivity (Wildman–Crippen MR) is 62.5 cm³/mol. The van der Waals surface area contributed by atoms with E-state index in [0.29, 0.717) is 17.9 Å². The summed E-state index contributed by atoms with van der Waals surface area (Å²) >= 11 is 0. The second kappa shape index (κ2) is 3.95. The molecule has 4 heteroatoms. The van der Waals surface area contributed by atoms with Gasteiger partial charge in [-0.1, -0.05) is 12.1 Å². The highest BCUT2D eigenvalue weighted by Gasteiger charge is 2.73. The third-order valence-corrected chi connectivity index (χ3v) is 3.36. The van der Waals surface area contributed by atoms with Crippen molar-refractivity contribution in [1.29, 1.82) is 0 Å². The standard InChI is InChI=1S/C13H17F2NO/c1-4-17-11-7-5-10(6-8-11)12(16(2)3)9-13(12,14)15/h5-8H,4,9H2,1-3H3. The summed E-state index contributed by atoms with van der Waals surface area (Å²) in [5.41, 5.74) is -0.478. The summed E-state index contributed by atoms with van der Waals surface area (Å²) in [6.07, 6.45) is -0.110. The van der Waals surface area contributed by atoms with Gasteiger partial charge in [0, 0.05) is 6.42 Å². The van der Waals surface area contributed by atoms with Crippen molar-refractivity contribution >= 4 is 0 Å². The number of nitrogens with zero attached hydrogens (tertiary/aromatic N) is 1. The first-order chi connectivity index (χ1) is 7.94. The molecule has 0 spiro atoms. The lowest BCUT2D eigenvalue weighted by atomic mass is 10.0. The molecule has 1 atom stereocenters.